The number of nitrogen functional groups attached to an aromatic ring is 5. The number of benzene rings is 5. The van der Waals surface area contributed by atoms with Crippen LogP contribution in [0.25, 0.3) is 21.5 Å². The maximum Gasteiger partial charge on any atom is 0.296 e. The van der Waals surface area contributed by atoms with Crippen molar-refractivity contribution in [1.82, 2.24) is 0 Å². The molecule has 0 bridgehead atoms. The van der Waals surface area contributed by atoms with Crippen LogP contribution in [0.2, 0.25) is 0 Å². The fraction of sp³-hybridized carbons (Fsp3) is 0. The Morgan fingerprint density at radius 2 is 1.15 bits per heavy atom. The summed E-state index contributed by atoms with van der Waals surface area (Å²) in [6.45, 7) is 0. The van der Waals surface area contributed by atoms with Gasteiger partial charge in [0, 0.05) is 38.9 Å². The third-order valence-corrected chi connectivity index (χ3v) is 7.38. The monoisotopic (exact) mass is 603 g/mol. The van der Waals surface area contributed by atoms with E-state index in [2.05, 4.69) is 0 Å². The first-order chi connectivity index (χ1) is 19.0. The van der Waals surface area contributed by atoms with Gasteiger partial charge in [-0.15, -0.1) is 0 Å². The first-order valence-electron chi connectivity index (χ1n) is 11.3. The molecule has 0 spiro atoms. The van der Waals surface area contributed by atoms with E-state index in [9.17, 15) is 26.3 Å². The zero-order valence-corrected chi connectivity index (χ0v) is 22.7. The van der Waals surface area contributed by atoms with E-state index >= 15 is 0 Å². The molecule has 0 fully saturated rings. The minimum absolute atomic E-state index is 0.197. The van der Waals surface area contributed by atoms with Crippen LogP contribution in [-0.4, -0.2) is 31.0 Å². The molecule has 0 aliphatic heterocycles. The SMILES string of the molecule is Nc1ccc(F)cc1.Nc1ccc(N)c2cc(S(=O)(=O)O)ccc12.Nc1ccc2cc(S(=O)(=O)O)c(N)c(O)c2c1. The van der Waals surface area contributed by atoms with Crippen LogP contribution in [0, 0.1) is 5.82 Å². The zero-order valence-electron chi connectivity index (χ0n) is 21.1. The lowest BCUT2D eigenvalue weighted by Crippen LogP contribution is -2.03. The molecule has 0 heterocycles. The van der Waals surface area contributed by atoms with Gasteiger partial charge in [-0.25, -0.2) is 4.39 Å². The molecule has 0 radical (unpaired) electrons. The van der Waals surface area contributed by atoms with Gasteiger partial charge in [-0.05, 0) is 72.1 Å². The molecule has 5 aromatic carbocycles. The highest BCUT2D eigenvalue weighted by molar-refractivity contribution is 7.86. The minimum Gasteiger partial charge on any atom is -0.505 e. The van der Waals surface area contributed by atoms with Gasteiger partial charge >= 0.3 is 0 Å². The molecule has 5 aromatic rings. The number of nitrogens with two attached hydrogens (primary N) is 5. The van der Waals surface area contributed by atoms with Crippen LogP contribution in [-0.2, 0) is 20.2 Å². The average molecular weight is 604 g/mol. The third-order valence-electron chi connectivity index (χ3n) is 5.64. The van der Waals surface area contributed by atoms with E-state index in [1.807, 2.05) is 0 Å². The highest BCUT2D eigenvalue weighted by atomic mass is 32.2. The Hall–Kier alpha value is -4.83. The molecule has 15 heteroatoms. The smallest absolute Gasteiger partial charge is 0.296 e. The van der Waals surface area contributed by atoms with Gasteiger partial charge in [0.1, 0.15) is 16.5 Å². The summed E-state index contributed by atoms with van der Waals surface area (Å²) >= 11 is 0. The maximum atomic E-state index is 12.0. The van der Waals surface area contributed by atoms with Crippen molar-refractivity contribution in [2.75, 3.05) is 28.7 Å². The van der Waals surface area contributed by atoms with Crippen molar-refractivity contribution in [2.45, 2.75) is 9.79 Å². The van der Waals surface area contributed by atoms with Gasteiger partial charge in [-0.1, -0.05) is 12.1 Å². The largest absolute Gasteiger partial charge is 0.505 e. The predicted molar refractivity (Wildman–Crippen MR) is 158 cm³/mol. The lowest BCUT2D eigenvalue weighted by atomic mass is 10.1. The topological polar surface area (TPSA) is 259 Å². The summed E-state index contributed by atoms with van der Waals surface area (Å²) in [4.78, 5) is -0.718. The second-order valence-electron chi connectivity index (χ2n) is 8.57. The van der Waals surface area contributed by atoms with E-state index < -0.39 is 36.6 Å². The minimum atomic E-state index is -4.47. The van der Waals surface area contributed by atoms with Gasteiger partial charge in [0.25, 0.3) is 20.2 Å². The van der Waals surface area contributed by atoms with Crippen molar-refractivity contribution < 1.29 is 35.4 Å². The summed E-state index contributed by atoms with van der Waals surface area (Å²) in [7, 11) is -8.69. The molecule has 216 valence electrons. The number of hydrogen-bond donors (Lipinski definition) is 8. The molecule has 0 amide bonds. The molecule has 0 aliphatic carbocycles. The molecule has 41 heavy (non-hydrogen) atoms. The van der Waals surface area contributed by atoms with Crippen molar-refractivity contribution in [3.05, 3.63) is 84.7 Å². The Morgan fingerprint density at radius 1 is 0.585 bits per heavy atom. The van der Waals surface area contributed by atoms with Gasteiger partial charge < -0.3 is 33.8 Å². The van der Waals surface area contributed by atoms with Crippen molar-refractivity contribution in [3.8, 4) is 5.75 Å². The average Bonchev–Trinajstić information content (AvgIpc) is 2.90. The first kappa shape index (κ1) is 30.7. The Morgan fingerprint density at radius 3 is 1.68 bits per heavy atom. The van der Waals surface area contributed by atoms with E-state index in [1.54, 1.807) is 18.2 Å². The maximum absolute atomic E-state index is 12.0. The molecule has 0 atom stereocenters. The van der Waals surface area contributed by atoms with Crippen LogP contribution in [0.15, 0.2) is 88.7 Å². The predicted octanol–water partition coefficient (Wildman–Crippen LogP) is 3.62. The fourth-order valence-electron chi connectivity index (χ4n) is 3.60. The Bertz CT molecular complexity index is 1950. The van der Waals surface area contributed by atoms with Gasteiger partial charge in [0.2, 0.25) is 0 Å². The number of phenolic OH excluding ortho intramolecular Hbond substituents is 1. The number of anilines is 5. The van der Waals surface area contributed by atoms with E-state index in [1.165, 1.54) is 60.7 Å². The van der Waals surface area contributed by atoms with Gasteiger partial charge in [0.15, 0.2) is 0 Å². The van der Waals surface area contributed by atoms with Crippen LogP contribution in [0.5, 0.6) is 5.75 Å². The molecule has 0 saturated heterocycles. The molecular formula is C26H26FN5O7S2. The zero-order chi connectivity index (χ0) is 30.7. The third kappa shape index (κ3) is 7.43. The van der Waals surface area contributed by atoms with Crippen molar-refractivity contribution >= 4 is 70.2 Å². The summed E-state index contributed by atoms with van der Waals surface area (Å²) < 4.78 is 73.9. The Balaban J connectivity index is 0.000000180. The highest BCUT2D eigenvalue weighted by Crippen LogP contribution is 2.37. The number of rotatable bonds is 2. The second kappa shape index (κ2) is 11.7. The standard InChI is InChI=1S/C10H10N2O4S.C10H10N2O3S.C6H6FN/c11-6-2-1-5-3-8(17(14,15)16)9(12)10(13)7(5)4-6;11-9-3-4-10(12)8-5-6(16(13,14)15)1-2-7(8)9;7-5-1-3-6(8)4-2-5/h1-4,13H,11-12H2,(H,14,15,16);1-5H,11-12H2,(H,13,14,15);1-4H,8H2. The lowest BCUT2D eigenvalue weighted by molar-refractivity contribution is 0.473. The molecule has 0 unspecified atom stereocenters. The van der Waals surface area contributed by atoms with E-state index in [0.29, 0.717) is 44.3 Å². The quantitative estimate of drug-likeness (QED) is 0.0817. The fourth-order valence-corrected chi connectivity index (χ4v) is 4.75. The Labute approximate surface area is 234 Å². The van der Waals surface area contributed by atoms with Crippen LogP contribution in [0.4, 0.5) is 32.8 Å². The molecule has 5 rings (SSSR count). The molecule has 0 aromatic heterocycles. The first-order valence-corrected chi connectivity index (χ1v) is 14.2. The summed E-state index contributed by atoms with van der Waals surface area (Å²) in [6, 6.07) is 18.8. The summed E-state index contributed by atoms with van der Waals surface area (Å²) in [6.07, 6.45) is 0. The summed E-state index contributed by atoms with van der Waals surface area (Å²) in [5, 5.41) is 11.7. The number of halogens is 1. The molecule has 0 aliphatic rings. The molecule has 13 N–H and O–H groups in total. The van der Waals surface area contributed by atoms with Crippen LogP contribution >= 0.6 is 0 Å². The van der Waals surface area contributed by atoms with Crippen molar-refractivity contribution in [2.24, 2.45) is 0 Å². The van der Waals surface area contributed by atoms with Crippen LogP contribution in [0.1, 0.15) is 0 Å². The second-order valence-corrected chi connectivity index (χ2v) is 11.4. The Kier molecular flexibility index (Phi) is 8.78. The van der Waals surface area contributed by atoms with Crippen molar-refractivity contribution in [1.29, 1.82) is 0 Å². The lowest BCUT2D eigenvalue weighted by Gasteiger charge is -2.09. The normalized spacial score (nSPS) is 11.3. The number of aromatic hydroxyl groups is 1. The van der Waals surface area contributed by atoms with E-state index in [4.69, 9.17) is 37.8 Å². The van der Waals surface area contributed by atoms with Crippen molar-refractivity contribution in [3.63, 3.8) is 0 Å². The van der Waals surface area contributed by atoms with Gasteiger partial charge in [-0.3, -0.25) is 9.11 Å². The molecule has 12 nitrogen and oxygen atoms in total. The van der Waals surface area contributed by atoms with E-state index in [-0.39, 0.29) is 10.7 Å². The number of phenols is 1. The number of fused-ring (bicyclic) bond motifs is 2. The van der Waals surface area contributed by atoms with Gasteiger partial charge in [0.05, 0.1) is 10.6 Å². The number of hydrogen-bond acceptors (Lipinski definition) is 10. The summed E-state index contributed by atoms with van der Waals surface area (Å²) in [5.74, 6) is -0.665. The van der Waals surface area contributed by atoms with Crippen LogP contribution < -0.4 is 28.7 Å². The highest BCUT2D eigenvalue weighted by Gasteiger charge is 2.19. The van der Waals surface area contributed by atoms with Crippen LogP contribution in [0.3, 0.4) is 0 Å². The van der Waals surface area contributed by atoms with E-state index in [0.717, 1.165) is 0 Å². The summed E-state index contributed by atoms with van der Waals surface area (Å²) in [5.41, 5.74) is 29.2. The molecule has 0 saturated carbocycles. The van der Waals surface area contributed by atoms with Gasteiger partial charge in [-0.2, -0.15) is 16.8 Å². The molecular weight excluding hydrogens is 577 g/mol.